The number of para-hydroxylation sites is 1. The standard InChI is InChI=1S/C25H17ClN2O3/c26-20-5-3-4-17(12-20)16-31-24-7-2-1-6-22(24)23-15-28(14-19(23)13-27)21-10-8-18(9-11-21)25(29)30/h1-12,14-15H,16H2,(H,29,30). The molecule has 6 heteroatoms. The lowest BCUT2D eigenvalue weighted by Gasteiger charge is -2.11. The molecule has 0 aliphatic heterocycles. The van der Waals surface area contributed by atoms with Gasteiger partial charge in [-0.3, -0.25) is 0 Å². The lowest BCUT2D eigenvalue weighted by atomic mass is 10.0. The number of carboxylic acids is 1. The number of hydrogen-bond donors (Lipinski definition) is 1. The van der Waals surface area contributed by atoms with E-state index < -0.39 is 5.97 Å². The number of carboxylic acid groups (broad SMARTS) is 1. The van der Waals surface area contributed by atoms with Crippen LogP contribution in [0.4, 0.5) is 0 Å². The molecule has 3 aromatic carbocycles. The van der Waals surface area contributed by atoms with E-state index in [-0.39, 0.29) is 5.56 Å². The Balaban J connectivity index is 1.67. The lowest BCUT2D eigenvalue weighted by Crippen LogP contribution is -1.97. The fourth-order valence-corrected chi connectivity index (χ4v) is 3.50. The van der Waals surface area contributed by atoms with Gasteiger partial charge in [0.2, 0.25) is 0 Å². The molecule has 0 saturated heterocycles. The normalized spacial score (nSPS) is 10.5. The highest BCUT2D eigenvalue weighted by atomic mass is 35.5. The molecule has 0 aliphatic rings. The quantitative estimate of drug-likeness (QED) is 0.412. The Labute approximate surface area is 184 Å². The zero-order valence-electron chi connectivity index (χ0n) is 16.3. The highest BCUT2D eigenvalue weighted by Crippen LogP contribution is 2.34. The van der Waals surface area contributed by atoms with Crippen LogP contribution < -0.4 is 4.74 Å². The minimum atomic E-state index is -0.983. The molecule has 0 spiro atoms. The predicted octanol–water partition coefficient (Wildman–Crippen LogP) is 5.95. The van der Waals surface area contributed by atoms with Crippen molar-refractivity contribution in [1.82, 2.24) is 4.57 Å². The topological polar surface area (TPSA) is 75.2 Å². The molecule has 0 aliphatic carbocycles. The average Bonchev–Trinajstić information content (AvgIpc) is 3.22. The lowest BCUT2D eigenvalue weighted by molar-refractivity contribution is 0.0697. The molecule has 1 N–H and O–H groups in total. The van der Waals surface area contributed by atoms with Gasteiger partial charge in [0, 0.05) is 34.2 Å². The summed E-state index contributed by atoms with van der Waals surface area (Å²) in [5, 5.41) is 19.4. The van der Waals surface area contributed by atoms with E-state index in [1.807, 2.05) is 54.7 Å². The van der Waals surface area contributed by atoms with Crippen LogP contribution in [-0.4, -0.2) is 15.6 Å². The predicted molar refractivity (Wildman–Crippen MR) is 119 cm³/mol. The highest BCUT2D eigenvalue weighted by molar-refractivity contribution is 6.30. The van der Waals surface area contributed by atoms with Crippen LogP contribution in [0.15, 0.2) is 85.2 Å². The number of nitrogens with zero attached hydrogens (tertiary/aromatic N) is 2. The van der Waals surface area contributed by atoms with Gasteiger partial charge in [0.05, 0.1) is 11.1 Å². The highest BCUT2D eigenvalue weighted by Gasteiger charge is 2.15. The maximum absolute atomic E-state index is 11.1. The molecule has 0 amide bonds. The van der Waals surface area contributed by atoms with Crippen molar-refractivity contribution in [3.63, 3.8) is 0 Å². The molecule has 0 bridgehead atoms. The van der Waals surface area contributed by atoms with Crippen LogP contribution in [0.1, 0.15) is 21.5 Å². The Morgan fingerprint density at radius 1 is 1.00 bits per heavy atom. The van der Waals surface area contributed by atoms with Gasteiger partial charge in [-0.05, 0) is 48.0 Å². The van der Waals surface area contributed by atoms with Crippen molar-refractivity contribution in [2.45, 2.75) is 6.61 Å². The van der Waals surface area contributed by atoms with Gasteiger partial charge in [0.15, 0.2) is 0 Å². The van der Waals surface area contributed by atoms with E-state index >= 15 is 0 Å². The van der Waals surface area contributed by atoms with E-state index in [0.717, 1.165) is 22.4 Å². The molecule has 0 fully saturated rings. The number of aromatic nitrogens is 1. The number of halogens is 1. The molecule has 1 aromatic heterocycles. The second-order valence-electron chi connectivity index (χ2n) is 6.87. The number of carbonyl (C=O) groups is 1. The number of nitriles is 1. The summed E-state index contributed by atoms with van der Waals surface area (Å²) in [6.07, 6.45) is 3.56. The summed E-state index contributed by atoms with van der Waals surface area (Å²) in [5.41, 5.74) is 3.91. The summed E-state index contributed by atoms with van der Waals surface area (Å²) in [5.74, 6) is -0.332. The maximum atomic E-state index is 11.1. The molecular formula is C25H17ClN2O3. The molecule has 31 heavy (non-hydrogen) atoms. The van der Waals surface area contributed by atoms with Crippen molar-refractivity contribution in [1.29, 1.82) is 5.26 Å². The van der Waals surface area contributed by atoms with E-state index in [1.165, 1.54) is 12.1 Å². The third-order valence-electron chi connectivity index (χ3n) is 4.82. The number of aromatic carboxylic acids is 1. The van der Waals surface area contributed by atoms with Crippen LogP contribution in [0.5, 0.6) is 5.75 Å². The van der Waals surface area contributed by atoms with E-state index in [0.29, 0.717) is 22.9 Å². The Hall–Kier alpha value is -4.01. The molecule has 4 rings (SSSR count). The molecule has 0 unspecified atom stereocenters. The van der Waals surface area contributed by atoms with E-state index in [4.69, 9.17) is 21.4 Å². The number of hydrogen-bond acceptors (Lipinski definition) is 3. The number of benzene rings is 3. The second-order valence-corrected chi connectivity index (χ2v) is 7.31. The molecule has 1 heterocycles. The first kappa shape index (κ1) is 20.3. The van der Waals surface area contributed by atoms with Gasteiger partial charge >= 0.3 is 5.97 Å². The third-order valence-corrected chi connectivity index (χ3v) is 5.06. The smallest absolute Gasteiger partial charge is 0.335 e. The van der Waals surface area contributed by atoms with Gasteiger partial charge in [-0.2, -0.15) is 5.26 Å². The van der Waals surface area contributed by atoms with Crippen molar-refractivity contribution in [2.75, 3.05) is 0 Å². The van der Waals surface area contributed by atoms with E-state index in [9.17, 15) is 10.1 Å². The Morgan fingerprint density at radius 3 is 2.48 bits per heavy atom. The van der Waals surface area contributed by atoms with Crippen LogP contribution in [0.2, 0.25) is 5.02 Å². The first-order chi connectivity index (χ1) is 15.0. The summed E-state index contributed by atoms with van der Waals surface area (Å²) in [6.45, 7) is 0.344. The molecule has 5 nitrogen and oxygen atoms in total. The van der Waals surface area contributed by atoms with Crippen molar-refractivity contribution in [3.8, 4) is 28.6 Å². The summed E-state index contributed by atoms with van der Waals surface area (Å²) < 4.78 is 7.85. The average molecular weight is 429 g/mol. The van der Waals surface area contributed by atoms with Gasteiger partial charge in [-0.25, -0.2) is 4.79 Å². The zero-order chi connectivity index (χ0) is 21.8. The Kier molecular flexibility index (Phi) is 5.74. The summed E-state index contributed by atoms with van der Waals surface area (Å²) in [4.78, 5) is 11.1. The maximum Gasteiger partial charge on any atom is 0.335 e. The molecule has 4 aromatic rings. The van der Waals surface area contributed by atoms with E-state index in [2.05, 4.69) is 6.07 Å². The SMILES string of the molecule is N#Cc1cn(-c2ccc(C(=O)O)cc2)cc1-c1ccccc1OCc1cccc(Cl)c1. The van der Waals surface area contributed by atoms with Crippen LogP contribution in [0.3, 0.4) is 0 Å². The monoisotopic (exact) mass is 428 g/mol. The molecule has 152 valence electrons. The van der Waals surface area contributed by atoms with Gasteiger partial charge in [-0.15, -0.1) is 0 Å². The summed E-state index contributed by atoms with van der Waals surface area (Å²) in [7, 11) is 0. The molecule has 0 saturated carbocycles. The second kappa shape index (κ2) is 8.78. The van der Waals surface area contributed by atoms with Crippen LogP contribution >= 0.6 is 11.6 Å². The third kappa shape index (κ3) is 4.45. The molecular weight excluding hydrogens is 412 g/mol. The Morgan fingerprint density at radius 2 is 1.77 bits per heavy atom. The minimum absolute atomic E-state index is 0.205. The first-order valence-electron chi connectivity index (χ1n) is 9.47. The van der Waals surface area contributed by atoms with Crippen molar-refractivity contribution in [2.24, 2.45) is 0 Å². The molecule has 0 atom stereocenters. The van der Waals surface area contributed by atoms with Gasteiger partial charge in [0.25, 0.3) is 0 Å². The fraction of sp³-hybridized carbons (Fsp3) is 0.0400. The van der Waals surface area contributed by atoms with Crippen LogP contribution in [-0.2, 0) is 6.61 Å². The first-order valence-corrected chi connectivity index (χ1v) is 9.85. The zero-order valence-corrected chi connectivity index (χ0v) is 17.1. The van der Waals surface area contributed by atoms with Crippen molar-refractivity contribution in [3.05, 3.63) is 107 Å². The van der Waals surface area contributed by atoms with E-state index in [1.54, 1.807) is 22.9 Å². The van der Waals surface area contributed by atoms with Gasteiger partial charge in [-0.1, -0.05) is 41.9 Å². The van der Waals surface area contributed by atoms with Crippen LogP contribution in [0.25, 0.3) is 16.8 Å². The fourth-order valence-electron chi connectivity index (χ4n) is 3.29. The van der Waals surface area contributed by atoms with Crippen molar-refractivity contribution >= 4 is 17.6 Å². The Bertz CT molecular complexity index is 1290. The van der Waals surface area contributed by atoms with Gasteiger partial charge in [0.1, 0.15) is 18.4 Å². The largest absolute Gasteiger partial charge is 0.488 e. The minimum Gasteiger partial charge on any atom is -0.488 e. The van der Waals surface area contributed by atoms with Gasteiger partial charge < -0.3 is 14.4 Å². The van der Waals surface area contributed by atoms with Crippen molar-refractivity contribution < 1.29 is 14.6 Å². The summed E-state index contributed by atoms with van der Waals surface area (Å²) in [6, 6.07) is 23.7. The number of rotatable bonds is 6. The molecule has 0 radical (unpaired) electrons. The summed E-state index contributed by atoms with van der Waals surface area (Å²) >= 11 is 6.05. The number of ether oxygens (including phenoxy) is 1. The van der Waals surface area contributed by atoms with Crippen LogP contribution in [0, 0.1) is 11.3 Å².